The van der Waals surface area contributed by atoms with Crippen molar-refractivity contribution in [1.29, 1.82) is 0 Å². The molecule has 0 aromatic heterocycles. The maximum absolute atomic E-state index is 3.52. The molecule has 100 valence electrons. The Bertz CT molecular complexity index is 398. The summed E-state index contributed by atoms with van der Waals surface area (Å²) >= 11 is 3.75. The first-order valence-corrected chi connectivity index (χ1v) is 9.11. The predicted molar refractivity (Wildman–Crippen MR) is 84.0 cm³/mol. The molecule has 0 aliphatic carbocycles. The SMILES string of the molecule is CSc1cc(CC2CCCNC2)c(SC)cc1C. The highest BCUT2D eigenvalue weighted by molar-refractivity contribution is 7.99. The van der Waals surface area contributed by atoms with Crippen LogP contribution >= 0.6 is 23.5 Å². The molecule has 1 aliphatic rings. The number of hydrogen-bond acceptors (Lipinski definition) is 3. The standard InChI is InChI=1S/C15H23NS2/c1-11-7-15(18-3)13(9-14(11)17-2)8-12-5-4-6-16-10-12/h7,9,12,16H,4-6,8,10H2,1-3H3. The van der Waals surface area contributed by atoms with Crippen LogP contribution in [0.3, 0.4) is 0 Å². The molecule has 1 atom stereocenters. The fourth-order valence-electron chi connectivity index (χ4n) is 2.68. The number of hydrogen-bond donors (Lipinski definition) is 1. The predicted octanol–water partition coefficient (Wildman–Crippen LogP) is 3.98. The Morgan fingerprint density at radius 3 is 2.61 bits per heavy atom. The second-order valence-electron chi connectivity index (χ2n) is 5.05. The Morgan fingerprint density at radius 1 is 1.22 bits per heavy atom. The molecule has 0 amide bonds. The fourth-order valence-corrected chi connectivity index (χ4v) is 4.02. The van der Waals surface area contributed by atoms with E-state index in [1.165, 1.54) is 47.7 Å². The third-order valence-corrected chi connectivity index (χ3v) is 5.40. The van der Waals surface area contributed by atoms with E-state index in [-0.39, 0.29) is 0 Å². The fraction of sp³-hybridized carbons (Fsp3) is 0.600. The van der Waals surface area contributed by atoms with Gasteiger partial charge in [0.25, 0.3) is 0 Å². The van der Waals surface area contributed by atoms with Gasteiger partial charge < -0.3 is 5.32 Å². The molecule has 1 N–H and O–H groups in total. The van der Waals surface area contributed by atoms with Crippen LogP contribution in [0.4, 0.5) is 0 Å². The van der Waals surface area contributed by atoms with E-state index in [0.29, 0.717) is 0 Å². The highest BCUT2D eigenvalue weighted by atomic mass is 32.2. The second kappa shape index (κ2) is 6.88. The van der Waals surface area contributed by atoms with Crippen molar-refractivity contribution in [3.63, 3.8) is 0 Å². The molecule has 0 spiro atoms. The Kier molecular flexibility index (Phi) is 5.46. The van der Waals surface area contributed by atoms with E-state index in [1.54, 1.807) is 5.56 Å². The first-order chi connectivity index (χ1) is 8.74. The monoisotopic (exact) mass is 281 g/mol. The van der Waals surface area contributed by atoms with E-state index in [2.05, 4.69) is 36.9 Å². The van der Waals surface area contributed by atoms with Crippen LogP contribution in [0.1, 0.15) is 24.0 Å². The summed E-state index contributed by atoms with van der Waals surface area (Å²) in [6.07, 6.45) is 8.31. The van der Waals surface area contributed by atoms with Crippen LogP contribution in [-0.2, 0) is 6.42 Å². The summed E-state index contributed by atoms with van der Waals surface area (Å²) in [5.41, 5.74) is 2.96. The highest BCUT2D eigenvalue weighted by Gasteiger charge is 2.16. The van der Waals surface area contributed by atoms with E-state index in [1.807, 2.05) is 23.5 Å². The van der Waals surface area contributed by atoms with E-state index in [4.69, 9.17) is 0 Å². The van der Waals surface area contributed by atoms with Crippen molar-refractivity contribution in [3.05, 3.63) is 23.3 Å². The molecule has 1 aromatic rings. The highest BCUT2D eigenvalue weighted by Crippen LogP contribution is 2.31. The Balaban J connectivity index is 2.18. The van der Waals surface area contributed by atoms with E-state index in [0.717, 1.165) is 5.92 Å². The molecular weight excluding hydrogens is 258 g/mol. The third-order valence-electron chi connectivity index (χ3n) is 3.71. The number of rotatable bonds is 4. The zero-order chi connectivity index (χ0) is 13.0. The number of thioether (sulfide) groups is 2. The molecule has 1 nitrogen and oxygen atoms in total. The molecule has 18 heavy (non-hydrogen) atoms. The topological polar surface area (TPSA) is 12.0 Å². The summed E-state index contributed by atoms with van der Waals surface area (Å²) in [6, 6.07) is 4.78. The number of nitrogens with one attached hydrogen (secondary N) is 1. The molecule has 1 unspecified atom stereocenters. The van der Waals surface area contributed by atoms with Gasteiger partial charge in [-0.05, 0) is 81.0 Å². The number of benzene rings is 1. The van der Waals surface area contributed by atoms with Gasteiger partial charge in [0, 0.05) is 9.79 Å². The van der Waals surface area contributed by atoms with E-state index in [9.17, 15) is 0 Å². The van der Waals surface area contributed by atoms with Crippen LogP contribution < -0.4 is 5.32 Å². The second-order valence-corrected chi connectivity index (χ2v) is 6.75. The number of aryl methyl sites for hydroxylation is 1. The molecule has 1 heterocycles. The third kappa shape index (κ3) is 3.46. The van der Waals surface area contributed by atoms with Gasteiger partial charge in [-0.25, -0.2) is 0 Å². The summed E-state index contributed by atoms with van der Waals surface area (Å²) < 4.78 is 0. The molecule has 1 fully saturated rings. The lowest BCUT2D eigenvalue weighted by atomic mass is 9.92. The summed E-state index contributed by atoms with van der Waals surface area (Å²) in [5, 5.41) is 3.52. The van der Waals surface area contributed by atoms with Crippen molar-refractivity contribution in [2.75, 3.05) is 25.6 Å². The summed E-state index contributed by atoms with van der Waals surface area (Å²) in [7, 11) is 0. The maximum Gasteiger partial charge on any atom is 0.0105 e. The molecule has 1 aliphatic heterocycles. The van der Waals surface area contributed by atoms with Gasteiger partial charge in [0.15, 0.2) is 0 Å². The molecule has 0 bridgehead atoms. The van der Waals surface area contributed by atoms with Crippen molar-refractivity contribution in [2.24, 2.45) is 5.92 Å². The normalized spacial score (nSPS) is 20.1. The minimum Gasteiger partial charge on any atom is -0.316 e. The van der Waals surface area contributed by atoms with Gasteiger partial charge in [0.2, 0.25) is 0 Å². The molecule has 3 heteroatoms. The van der Waals surface area contributed by atoms with Crippen molar-refractivity contribution < 1.29 is 0 Å². The summed E-state index contributed by atoms with van der Waals surface area (Å²) in [4.78, 5) is 2.91. The average Bonchev–Trinajstić information content (AvgIpc) is 2.41. The molecule has 1 aromatic carbocycles. The minimum absolute atomic E-state index is 0.821. The lowest BCUT2D eigenvalue weighted by Crippen LogP contribution is -2.30. The van der Waals surface area contributed by atoms with Crippen molar-refractivity contribution in [3.8, 4) is 0 Å². The smallest absolute Gasteiger partial charge is 0.0105 e. The molecule has 2 rings (SSSR count). The van der Waals surface area contributed by atoms with Crippen LogP contribution in [0.25, 0.3) is 0 Å². The van der Waals surface area contributed by atoms with Gasteiger partial charge in [-0.15, -0.1) is 23.5 Å². The maximum atomic E-state index is 3.52. The van der Waals surface area contributed by atoms with Crippen LogP contribution in [0.5, 0.6) is 0 Å². The molecule has 1 saturated heterocycles. The summed E-state index contributed by atoms with van der Waals surface area (Å²) in [5.74, 6) is 0.821. The van der Waals surface area contributed by atoms with Gasteiger partial charge in [0.05, 0.1) is 0 Å². The average molecular weight is 281 g/mol. The van der Waals surface area contributed by atoms with Crippen molar-refractivity contribution >= 4 is 23.5 Å². The van der Waals surface area contributed by atoms with Crippen molar-refractivity contribution in [1.82, 2.24) is 5.32 Å². The Hall–Kier alpha value is -0.120. The lowest BCUT2D eigenvalue weighted by molar-refractivity contribution is 0.374. The largest absolute Gasteiger partial charge is 0.316 e. The molecular formula is C15H23NS2. The van der Waals surface area contributed by atoms with E-state index >= 15 is 0 Å². The van der Waals surface area contributed by atoms with Gasteiger partial charge in [-0.1, -0.05) is 0 Å². The van der Waals surface area contributed by atoms with Gasteiger partial charge in [0.1, 0.15) is 0 Å². The van der Waals surface area contributed by atoms with Crippen LogP contribution in [0.2, 0.25) is 0 Å². The Labute approximate surface area is 120 Å². The van der Waals surface area contributed by atoms with Crippen LogP contribution in [-0.4, -0.2) is 25.6 Å². The quantitative estimate of drug-likeness (QED) is 0.838. The first-order valence-electron chi connectivity index (χ1n) is 6.66. The van der Waals surface area contributed by atoms with Crippen molar-refractivity contribution in [2.45, 2.75) is 36.0 Å². The first kappa shape index (κ1) is 14.3. The summed E-state index contributed by atoms with van der Waals surface area (Å²) in [6.45, 7) is 4.61. The zero-order valence-electron chi connectivity index (χ0n) is 11.6. The number of piperidine rings is 1. The zero-order valence-corrected chi connectivity index (χ0v) is 13.2. The molecule has 0 radical (unpaired) electrons. The van der Waals surface area contributed by atoms with Gasteiger partial charge in [-0.3, -0.25) is 0 Å². The minimum atomic E-state index is 0.821. The van der Waals surface area contributed by atoms with Crippen LogP contribution in [0, 0.1) is 12.8 Å². The van der Waals surface area contributed by atoms with Gasteiger partial charge >= 0.3 is 0 Å². The van der Waals surface area contributed by atoms with Gasteiger partial charge in [-0.2, -0.15) is 0 Å². The Morgan fingerprint density at radius 2 is 2.00 bits per heavy atom. The lowest BCUT2D eigenvalue weighted by Gasteiger charge is -2.24. The van der Waals surface area contributed by atoms with E-state index < -0.39 is 0 Å². The van der Waals surface area contributed by atoms with Crippen LogP contribution in [0.15, 0.2) is 21.9 Å². The molecule has 0 saturated carbocycles.